The molecule has 0 aromatic heterocycles. The third-order valence-corrected chi connectivity index (χ3v) is 5.08. The molecule has 2 aliphatic rings. The molecule has 1 saturated heterocycles. The van der Waals surface area contributed by atoms with Crippen molar-refractivity contribution in [2.24, 2.45) is 11.8 Å². The Bertz CT molecular complexity index is 936. The van der Waals surface area contributed by atoms with Gasteiger partial charge in [-0.2, -0.15) is 10.5 Å². The van der Waals surface area contributed by atoms with E-state index in [-0.39, 0.29) is 11.8 Å². The molecule has 1 fully saturated rings. The maximum absolute atomic E-state index is 13.1. The van der Waals surface area contributed by atoms with Gasteiger partial charge in [-0.15, -0.1) is 0 Å². The van der Waals surface area contributed by atoms with Gasteiger partial charge >= 0.3 is 0 Å². The number of Topliss-reactive ketones (excluding diaryl/α,β-unsaturated/α-hetero) is 1. The van der Waals surface area contributed by atoms with Gasteiger partial charge in [0, 0.05) is 11.8 Å². The highest BCUT2D eigenvalue weighted by Crippen LogP contribution is 2.48. The molecule has 4 atom stereocenters. The number of hydrogen-bond donors (Lipinski definition) is 0. The van der Waals surface area contributed by atoms with Gasteiger partial charge in [-0.3, -0.25) is 4.79 Å². The molecule has 4 rings (SSSR count). The Hall–Kier alpha value is -3.37. The summed E-state index contributed by atoms with van der Waals surface area (Å²) in [6, 6.07) is 20.4. The lowest BCUT2D eigenvalue weighted by molar-refractivity contribution is 0.0869. The normalized spacial score (nSPS) is 26.2. The van der Waals surface area contributed by atoms with Crippen molar-refractivity contribution >= 4 is 11.9 Å². The molecular weight excluding hydrogens is 310 g/mol. The Labute approximate surface area is 146 Å². The monoisotopic (exact) mass is 325 g/mol. The second kappa shape index (κ2) is 5.92. The van der Waals surface area contributed by atoms with E-state index in [0.29, 0.717) is 5.56 Å². The maximum atomic E-state index is 13.1. The van der Waals surface area contributed by atoms with E-state index in [4.69, 9.17) is 0 Å². The van der Waals surface area contributed by atoms with Gasteiger partial charge in [-0.25, -0.2) is 0 Å². The lowest BCUT2D eigenvalue weighted by atomic mass is 9.83. The van der Waals surface area contributed by atoms with E-state index in [0.717, 1.165) is 11.1 Å². The number of nitriles is 2. The molecular formula is C21H15N3O. The van der Waals surface area contributed by atoms with E-state index in [1.807, 2.05) is 59.6 Å². The number of ketones is 1. The molecule has 2 aromatic carbocycles. The largest absolute Gasteiger partial charge is 0.357 e. The van der Waals surface area contributed by atoms with Crippen LogP contribution in [0.4, 0.5) is 0 Å². The summed E-state index contributed by atoms with van der Waals surface area (Å²) in [5, 5.41) is 19.5. The first-order valence-electron chi connectivity index (χ1n) is 8.19. The van der Waals surface area contributed by atoms with E-state index < -0.39 is 17.9 Å². The molecule has 4 nitrogen and oxygen atoms in total. The van der Waals surface area contributed by atoms with Gasteiger partial charge in [-0.1, -0.05) is 54.6 Å². The molecule has 0 N–H and O–H groups in total. The molecule has 120 valence electrons. The highest BCUT2D eigenvalue weighted by molar-refractivity contribution is 6.01. The van der Waals surface area contributed by atoms with Crippen LogP contribution in [0.15, 0.2) is 60.8 Å². The molecule has 0 unspecified atom stereocenters. The molecule has 2 aliphatic heterocycles. The fraction of sp³-hybridized carbons (Fsp3) is 0.190. The van der Waals surface area contributed by atoms with Crippen LogP contribution in [-0.4, -0.2) is 16.7 Å². The van der Waals surface area contributed by atoms with Crippen LogP contribution in [-0.2, 0) is 0 Å². The zero-order chi connectivity index (χ0) is 17.4. The Morgan fingerprint density at radius 1 is 0.920 bits per heavy atom. The van der Waals surface area contributed by atoms with Crippen molar-refractivity contribution in [1.29, 1.82) is 10.5 Å². The Morgan fingerprint density at radius 2 is 1.60 bits per heavy atom. The molecule has 2 aromatic rings. The first-order chi connectivity index (χ1) is 12.3. The van der Waals surface area contributed by atoms with E-state index >= 15 is 0 Å². The van der Waals surface area contributed by atoms with Gasteiger partial charge in [0.2, 0.25) is 0 Å². The average Bonchev–Trinajstić information content (AvgIpc) is 3.01. The summed E-state index contributed by atoms with van der Waals surface area (Å²) < 4.78 is 0. The van der Waals surface area contributed by atoms with Gasteiger partial charge in [0.05, 0.1) is 30.0 Å². The zero-order valence-electron chi connectivity index (χ0n) is 13.4. The summed E-state index contributed by atoms with van der Waals surface area (Å²) in [6.07, 6.45) is 3.81. The van der Waals surface area contributed by atoms with Crippen molar-refractivity contribution in [3.05, 3.63) is 77.5 Å². The standard InChI is InChI=1S/C21H15N3O/c22-12-17-18(13-23)20(21(25)15-7-2-1-3-8-15)24-11-10-14-6-4-5-9-16(14)19(17)24/h1-11,17-20H/t17-,18-,19+,20-/m0/s1. The quantitative estimate of drug-likeness (QED) is 0.792. The zero-order valence-corrected chi connectivity index (χ0v) is 13.4. The summed E-state index contributed by atoms with van der Waals surface area (Å²) in [5.41, 5.74) is 2.60. The van der Waals surface area contributed by atoms with Gasteiger partial charge < -0.3 is 4.90 Å². The van der Waals surface area contributed by atoms with Crippen molar-refractivity contribution in [2.75, 3.05) is 0 Å². The summed E-state index contributed by atoms with van der Waals surface area (Å²) >= 11 is 0. The van der Waals surface area contributed by atoms with Gasteiger partial charge in [0.1, 0.15) is 6.04 Å². The minimum atomic E-state index is -0.668. The summed E-state index contributed by atoms with van der Waals surface area (Å²) in [4.78, 5) is 15.0. The fourth-order valence-electron chi connectivity index (χ4n) is 3.95. The minimum absolute atomic E-state index is 0.112. The fourth-order valence-corrected chi connectivity index (χ4v) is 3.95. The van der Waals surface area contributed by atoms with Crippen molar-refractivity contribution in [3.8, 4) is 12.1 Å². The van der Waals surface area contributed by atoms with Crippen LogP contribution in [0.25, 0.3) is 6.08 Å². The first-order valence-corrected chi connectivity index (χ1v) is 8.19. The molecule has 2 heterocycles. The minimum Gasteiger partial charge on any atom is -0.357 e. The van der Waals surface area contributed by atoms with E-state index in [2.05, 4.69) is 12.1 Å². The smallest absolute Gasteiger partial charge is 0.186 e. The number of carbonyl (C=O) groups is 1. The van der Waals surface area contributed by atoms with Crippen molar-refractivity contribution < 1.29 is 4.79 Å². The Morgan fingerprint density at radius 3 is 2.32 bits per heavy atom. The second-order valence-electron chi connectivity index (χ2n) is 6.32. The summed E-state index contributed by atoms with van der Waals surface area (Å²) in [5.74, 6) is -1.33. The van der Waals surface area contributed by atoms with Crippen LogP contribution in [0.1, 0.15) is 27.5 Å². The predicted octanol–water partition coefficient (Wildman–Crippen LogP) is 3.56. The molecule has 4 heteroatoms. The lowest BCUT2D eigenvalue weighted by Crippen LogP contribution is -2.38. The number of fused-ring (bicyclic) bond motifs is 3. The van der Waals surface area contributed by atoms with Crippen LogP contribution in [0.2, 0.25) is 0 Å². The Balaban J connectivity index is 1.83. The molecule has 0 amide bonds. The number of hydrogen-bond acceptors (Lipinski definition) is 4. The second-order valence-corrected chi connectivity index (χ2v) is 6.32. The highest BCUT2D eigenvalue weighted by Gasteiger charge is 2.53. The summed E-state index contributed by atoms with van der Waals surface area (Å²) in [7, 11) is 0. The summed E-state index contributed by atoms with van der Waals surface area (Å²) in [6.45, 7) is 0. The molecule has 0 aliphatic carbocycles. The van der Waals surface area contributed by atoms with Crippen LogP contribution in [0.3, 0.4) is 0 Å². The number of rotatable bonds is 2. The lowest BCUT2D eigenvalue weighted by Gasteiger charge is -2.33. The third-order valence-electron chi connectivity index (χ3n) is 5.08. The van der Waals surface area contributed by atoms with E-state index in [9.17, 15) is 15.3 Å². The molecule has 25 heavy (non-hydrogen) atoms. The third kappa shape index (κ3) is 2.23. The average molecular weight is 325 g/mol. The van der Waals surface area contributed by atoms with Crippen LogP contribution in [0, 0.1) is 34.5 Å². The van der Waals surface area contributed by atoms with E-state index in [1.165, 1.54) is 0 Å². The molecule has 0 saturated carbocycles. The van der Waals surface area contributed by atoms with Crippen LogP contribution in [0.5, 0.6) is 0 Å². The van der Waals surface area contributed by atoms with Crippen molar-refractivity contribution in [3.63, 3.8) is 0 Å². The van der Waals surface area contributed by atoms with Gasteiger partial charge in [0.15, 0.2) is 5.78 Å². The molecule has 0 bridgehead atoms. The maximum Gasteiger partial charge on any atom is 0.186 e. The predicted molar refractivity (Wildman–Crippen MR) is 92.8 cm³/mol. The van der Waals surface area contributed by atoms with Gasteiger partial charge in [-0.05, 0) is 17.2 Å². The van der Waals surface area contributed by atoms with Crippen molar-refractivity contribution in [2.45, 2.75) is 12.1 Å². The Kier molecular flexibility index (Phi) is 3.60. The highest BCUT2D eigenvalue weighted by atomic mass is 16.1. The van der Waals surface area contributed by atoms with E-state index in [1.54, 1.807) is 12.1 Å². The SMILES string of the molecule is N#C[C@H]1[C@H](C#N)[C@H]2c3ccccc3C=CN2[C@@H]1C(=O)c1ccccc1. The van der Waals surface area contributed by atoms with Crippen molar-refractivity contribution in [1.82, 2.24) is 4.90 Å². The van der Waals surface area contributed by atoms with Crippen LogP contribution >= 0.6 is 0 Å². The number of carbonyl (C=O) groups excluding carboxylic acids is 1. The first kappa shape index (κ1) is 15.2. The molecule has 0 radical (unpaired) electrons. The van der Waals surface area contributed by atoms with Crippen LogP contribution < -0.4 is 0 Å². The number of nitrogens with zero attached hydrogens (tertiary/aromatic N) is 3. The molecule has 0 spiro atoms. The van der Waals surface area contributed by atoms with Gasteiger partial charge in [0.25, 0.3) is 0 Å². The topological polar surface area (TPSA) is 67.9 Å². The number of benzene rings is 2.